The van der Waals surface area contributed by atoms with E-state index < -0.39 is 25.7 Å². The molecule has 1 N–H and O–H groups in total. The number of likely N-dealkylation sites (tertiary alicyclic amines) is 1. The SMILES string of the molecule is [2H]C1([2H])Oc2ccc(C([2H])([2H])C([2H])([2H])N3CCCC(O)C3)cc2O1. The van der Waals surface area contributed by atoms with Crippen LogP contribution < -0.4 is 9.47 Å². The molecule has 0 saturated carbocycles. The maximum Gasteiger partial charge on any atom is 0.231 e. The summed E-state index contributed by atoms with van der Waals surface area (Å²) in [6.07, 6.45) is -1.89. The van der Waals surface area contributed by atoms with Crippen molar-refractivity contribution >= 4 is 0 Å². The minimum atomic E-state index is -2.39. The number of rotatable bonds is 3. The number of aliphatic hydroxyl groups is 1. The van der Waals surface area contributed by atoms with Gasteiger partial charge in [-0.25, -0.2) is 0 Å². The molecule has 0 spiro atoms. The summed E-state index contributed by atoms with van der Waals surface area (Å²) in [5.41, 5.74) is 0.0209. The monoisotopic (exact) mass is 255 g/mol. The van der Waals surface area contributed by atoms with Crippen molar-refractivity contribution in [3.05, 3.63) is 23.8 Å². The molecule has 1 saturated heterocycles. The fourth-order valence-corrected chi connectivity index (χ4v) is 2.06. The van der Waals surface area contributed by atoms with Crippen molar-refractivity contribution < 1.29 is 22.8 Å². The Kier molecular flexibility index (Phi) is 1.94. The first-order valence-corrected chi connectivity index (χ1v) is 5.99. The molecule has 1 fully saturated rings. The quantitative estimate of drug-likeness (QED) is 0.887. The van der Waals surface area contributed by atoms with Crippen molar-refractivity contribution in [3.63, 3.8) is 0 Å². The van der Waals surface area contributed by atoms with Crippen LogP contribution in [0.2, 0.25) is 0 Å². The first-order chi connectivity index (χ1) is 11.0. The molecule has 0 aliphatic carbocycles. The maximum atomic E-state index is 9.75. The summed E-state index contributed by atoms with van der Waals surface area (Å²) in [6.45, 7) is -4.24. The van der Waals surface area contributed by atoms with Crippen LogP contribution in [-0.2, 0) is 6.37 Å². The highest BCUT2D eigenvalue weighted by atomic mass is 16.7. The van der Waals surface area contributed by atoms with E-state index >= 15 is 0 Å². The van der Waals surface area contributed by atoms with E-state index in [1.165, 1.54) is 23.1 Å². The van der Waals surface area contributed by atoms with Crippen LogP contribution in [0.5, 0.6) is 11.5 Å². The molecule has 0 bridgehead atoms. The standard InChI is InChI=1S/C14H19NO3/c16-12-2-1-6-15(9-12)7-5-11-3-4-13-14(8-11)18-10-17-13/h3-4,8,12,16H,1-2,5-7,9-10H2/i5D2,7D2,10D2. The molecule has 1 unspecified atom stereocenters. The van der Waals surface area contributed by atoms with Crippen LogP contribution >= 0.6 is 0 Å². The highest BCUT2D eigenvalue weighted by Gasteiger charge is 2.18. The van der Waals surface area contributed by atoms with E-state index in [2.05, 4.69) is 0 Å². The van der Waals surface area contributed by atoms with E-state index in [-0.39, 0.29) is 23.6 Å². The van der Waals surface area contributed by atoms with Gasteiger partial charge in [-0.05, 0) is 43.5 Å². The van der Waals surface area contributed by atoms with Gasteiger partial charge in [0.05, 0.1) is 6.10 Å². The molecule has 1 aromatic rings. The second-order valence-electron chi connectivity index (χ2n) is 4.43. The topological polar surface area (TPSA) is 41.9 Å². The van der Waals surface area contributed by atoms with Gasteiger partial charge in [-0.2, -0.15) is 0 Å². The molecule has 0 aromatic heterocycles. The Labute approximate surface area is 116 Å². The molecule has 0 amide bonds. The van der Waals surface area contributed by atoms with Gasteiger partial charge in [-0.3, -0.25) is 0 Å². The molecule has 98 valence electrons. The van der Waals surface area contributed by atoms with Crippen LogP contribution in [0.3, 0.4) is 0 Å². The Balaban J connectivity index is 1.90. The third-order valence-corrected chi connectivity index (χ3v) is 3.00. The second kappa shape index (κ2) is 5.16. The zero-order valence-corrected chi connectivity index (χ0v) is 9.85. The second-order valence-corrected chi connectivity index (χ2v) is 4.43. The predicted octanol–water partition coefficient (Wildman–Crippen LogP) is 1.41. The Morgan fingerprint density at radius 2 is 2.33 bits per heavy atom. The number of fused-ring (bicyclic) bond motifs is 1. The van der Waals surface area contributed by atoms with Gasteiger partial charge in [0, 0.05) is 18.5 Å². The molecular weight excluding hydrogens is 230 g/mol. The van der Waals surface area contributed by atoms with E-state index in [9.17, 15) is 5.11 Å². The summed E-state index contributed by atoms with van der Waals surface area (Å²) >= 11 is 0. The van der Waals surface area contributed by atoms with Gasteiger partial charge in [0.2, 0.25) is 6.75 Å². The minimum Gasteiger partial charge on any atom is -0.454 e. The Bertz CT molecular complexity index is 639. The van der Waals surface area contributed by atoms with Gasteiger partial charge in [-0.1, -0.05) is 6.07 Å². The Morgan fingerprint density at radius 1 is 1.44 bits per heavy atom. The third-order valence-electron chi connectivity index (χ3n) is 3.00. The lowest BCUT2D eigenvalue weighted by Crippen LogP contribution is -2.39. The fraction of sp³-hybridized carbons (Fsp3) is 0.571. The lowest BCUT2D eigenvalue weighted by Gasteiger charge is -2.29. The maximum absolute atomic E-state index is 9.75. The summed E-state index contributed by atoms with van der Waals surface area (Å²) < 4.78 is 57.9. The van der Waals surface area contributed by atoms with Crippen LogP contribution in [0.15, 0.2) is 18.2 Å². The number of ether oxygens (including phenoxy) is 2. The molecule has 0 radical (unpaired) electrons. The normalized spacial score (nSPS) is 32.6. The smallest absolute Gasteiger partial charge is 0.231 e. The Hall–Kier alpha value is -1.26. The predicted molar refractivity (Wildman–Crippen MR) is 67.9 cm³/mol. The molecule has 1 aromatic carbocycles. The number of aliphatic hydroxyl groups excluding tert-OH is 1. The average molecular weight is 255 g/mol. The van der Waals surface area contributed by atoms with Gasteiger partial charge < -0.3 is 19.5 Å². The van der Waals surface area contributed by atoms with Crippen molar-refractivity contribution in [1.29, 1.82) is 0 Å². The number of piperidine rings is 1. The molecule has 2 aliphatic rings. The number of aryl methyl sites for hydroxylation is 1. The first-order valence-electron chi connectivity index (χ1n) is 8.99. The highest BCUT2D eigenvalue weighted by Crippen LogP contribution is 2.32. The summed E-state index contributed by atoms with van der Waals surface area (Å²) in [7, 11) is 0. The number of β-amino-alcohol motifs (C(OH)–C–C–N with tert-alkyl or cyclic N) is 1. The van der Waals surface area contributed by atoms with Crippen LogP contribution in [0, 0.1) is 0 Å². The molecule has 4 heteroatoms. The van der Waals surface area contributed by atoms with Crippen LogP contribution in [-0.4, -0.2) is 42.4 Å². The molecule has 3 rings (SSSR count). The molecule has 2 heterocycles. The van der Waals surface area contributed by atoms with Crippen molar-refractivity contribution in [3.8, 4) is 11.5 Å². The zero-order chi connectivity index (χ0) is 17.8. The van der Waals surface area contributed by atoms with Crippen molar-refractivity contribution in [2.75, 3.05) is 26.3 Å². The Morgan fingerprint density at radius 3 is 3.22 bits per heavy atom. The number of hydrogen-bond donors (Lipinski definition) is 1. The van der Waals surface area contributed by atoms with E-state index in [4.69, 9.17) is 17.7 Å². The van der Waals surface area contributed by atoms with Gasteiger partial charge in [0.1, 0.15) is 2.74 Å². The molecule has 1 atom stereocenters. The summed E-state index contributed by atoms with van der Waals surface area (Å²) in [4.78, 5) is 1.31. The molecule has 4 nitrogen and oxygen atoms in total. The average Bonchev–Trinajstić information content (AvgIpc) is 2.79. The van der Waals surface area contributed by atoms with E-state index in [0.717, 1.165) is 0 Å². The van der Waals surface area contributed by atoms with E-state index in [0.29, 0.717) is 19.4 Å². The summed E-state index contributed by atoms with van der Waals surface area (Å²) in [5.74, 6) is 0.185. The minimum absolute atomic E-state index is 0.0209. The highest BCUT2D eigenvalue weighted by molar-refractivity contribution is 5.44. The van der Waals surface area contributed by atoms with Crippen molar-refractivity contribution in [2.24, 2.45) is 0 Å². The summed E-state index contributed by atoms with van der Waals surface area (Å²) in [5, 5.41) is 9.75. The van der Waals surface area contributed by atoms with E-state index in [1.807, 2.05) is 0 Å². The van der Waals surface area contributed by atoms with Crippen LogP contribution in [0.25, 0.3) is 0 Å². The lowest BCUT2D eigenvalue weighted by atomic mass is 10.1. The zero-order valence-electron chi connectivity index (χ0n) is 15.8. The van der Waals surface area contributed by atoms with Gasteiger partial charge in [-0.15, -0.1) is 0 Å². The number of hydrogen-bond acceptors (Lipinski definition) is 4. The van der Waals surface area contributed by atoms with Crippen LogP contribution in [0.4, 0.5) is 0 Å². The largest absolute Gasteiger partial charge is 0.454 e. The van der Waals surface area contributed by atoms with Gasteiger partial charge in [0.25, 0.3) is 0 Å². The van der Waals surface area contributed by atoms with Crippen LogP contribution in [0.1, 0.15) is 26.6 Å². The lowest BCUT2D eigenvalue weighted by molar-refractivity contribution is 0.0714. The van der Waals surface area contributed by atoms with Crippen molar-refractivity contribution in [2.45, 2.75) is 25.3 Å². The van der Waals surface area contributed by atoms with Gasteiger partial charge >= 0.3 is 0 Å². The summed E-state index contributed by atoms with van der Waals surface area (Å²) in [6, 6.07) is 3.99. The molecule has 2 aliphatic heterocycles. The third kappa shape index (κ3) is 2.60. The fourth-order valence-electron chi connectivity index (χ4n) is 2.06. The molecular formula is C14H19NO3. The molecule has 18 heavy (non-hydrogen) atoms. The van der Waals surface area contributed by atoms with E-state index in [1.54, 1.807) is 0 Å². The van der Waals surface area contributed by atoms with Crippen molar-refractivity contribution in [1.82, 2.24) is 4.90 Å². The van der Waals surface area contributed by atoms with Gasteiger partial charge in [0.15, 0.2) is 11.5 Å². The first kappa shape index (κ1) is 6.78. The number of benzene rings is 1. The number of nitrogens with zero attached hydrogens (tertiary/aromatic N) is 1.